The van der Waals surface area contributed by atoms with Crippen LogP contribution in [0.4, 0.5) is 0 Å². The number of hydrogen-bond donors (Lipinski definition) is 1. The second-order valence-corrected chi connectivity index (χ2v) is 6.52. The van der Waals surface area contributed by atoms with E-state index in [9.17, 15) is 0 Å². The summed E-state index contributed by atoms with van der Waals surface area (Å²) >= 11 is 0. The molecule has 0 bridgehead atoms. The van der Waals surface area contributed by atoms with E-state index in [0.717, 1.165) is 24.6 Å². The van der Waals surface area contributed by atoms with E-state index in [-0.39, 0.29) is 0 Å². The smallest absolute Gasteiger partial charge is 0.119 e. The molecule has 1 saturated heterocycles. The average Bonchev–Trinajstić information content (AvgIpc) is 2.49. The van der Waals surface area contributed by atoms with Crippen molar-refractivity contribution in [1.82, 2.24) is 10.2 Å². The molecule has 0 aromatic heterocycles. The molecule has 1 fully saturated rings. The van der Waals surface area contributed by atoms with Crippen molar-refractivity contribution in [1.29, 1.82) is 0 Å². The zero-order chi connectivity index (χ0) is 15.1. The number of rotatable bonds is 7. The molecule has 3 nitrogen and oxygen atoms in total. The fourth-order valence-corrected chi connectivity index (χ4v) is 3.08. The van der Waals surface area contributed by atoms with Crippen LogP contribution in [0.5, 0.6) is 5.75 Å². The van der Waals surface area contributed by atoms with E-state index in [0.29, 0.717) is 6.04 Å². The van der Waals surface area contributed by atoms with Crippen LogP contribution in [0.15, 0.2) is 24.3 Å². The Balaban J connectivity index is 1.65. The standard InChI is InChI=1S/C18H30N2O/c1-15(2)14-20-11-8-17(9-12-20)19-10-7-16-5-4-6-18(13-16)21-3/h4-6,13,15,17,19H,7-12,14H2,1-3H3. The summed E-state index contributed by atoms with van der Waals surface area (Å²) in [7, 11) is 1.72. The first-order chi connectivity index (χ1) is 10.2. The van der Waals surface area contributed by atoms with Crippen molar-refractivity contribution < 1.29 is 4.74 Å². The summed E-state index contributed by atoms with van der Waals surface area (Å²) in [4.78, 5) is 2.60. The Bertz CT molecular complexity index is 411. The van der Waals surface area contributed by atoms with Crippen LogP contribution < -0.4 is 10.1 Å². The molecule has 0 radical (unpaired) electrons. The molecule has 0 aliphatic carbocycles. The molecule has 1 heterocycles. The zero-order valence-electron chi connectivity index (χ0n) is 13.8. The lowest BCUT2D eigenvalue weighted by molar-refractivity contribution is 0.180. The first-order valence-electron chi connectivity index (χ1n) is 8.26. The van der Waals surface area contributed by atoms with E-state index >= 15 is 0 Å². The fourth-order valence-electron chi connectivity index (χ4n) is 3.08. The lowest BCUT2D eigenvalue weighted by Gasteiger charge is -2.33. The van der Waals surface area contributed by atoms with E-state index in [1.54, 1.807) is 7.11 Å². The molecular weight excluding hydrogens is 260 g/mol. The van der Waals surface area contributed by atoms with Crippen LogP contribution in [0.25, 0.3) is 0 Å². The van der Waals surface area contributed by atoms with Gasteiger partial charge < -0.3 is 15.0 Å². The first kappa shape index (κ1) is 16.3. The summed E-state index contributed by atoms with van der Waals surface area (Å²) in [5.74, 6) is 1.73. The van der Waals surface area contributed by atoms with Crippen molar-refractivity contribution in [2.45, 2.75) is 39.2 Å². The van der Waals surface area contributed by atoms with Gasteiger partial charge in [0.2, 0.25) is 0 Å². The summed E-state index contributed by atoms with van der Waals surface area (Å²) in [5, 5.41) is 3.71. The lowest BCUT2D eigenvalue weighted by atomic mass is 10.0. The number of hydrogen-bond acceptors (Lipinski definition) is 3. The van der Waals surface area contributed by atoms with Gasteiger partial charge in [0.25, 0.3) is 0 Å². The van der Waals surface area contributed by atoms with Gasteiger partial charge in [-0.25, -0.2) is 0 Å². The van der Waals surface area contributed by atoms with E-state index in [4.69, 9.17) is 4.74 Å². The van der Waals surface area contributed by atoms with Crippen LogP contribution in [-0.4, -0.2) is 44.2 Å². The molecule has 1 aromatic rings. The maximum Gasteiger partial charge on any atom is 0.119 e. The minimum absolute atomic E-state index is 0.694. The summed E-state index contributed by atoms with van der Waals surface area (Å²) in [6.07, 6.45) is 3.64. The number of benzene rings is 1. The van der Waals surface area contributed by atoms with Crippen molar-refractivity contribution in [2.75, 3.05) is 33.3 Å². The maximum absolute atomic E-state index is 5.27. The van der Waals surface area contributed by atoms with Gasteiger partial charge in [0.05, 0.1) is 7.11 Å². The molecule has 21 heavy (non-hydrogen) atoms. The molecular formula is C18H30N2O. The van der Waals surface area contributed by atoms with E-state index < -0.39 is 0 Å². The highest BCUT2D eigenvalue weighted by Gasteiger charge is 2.18. The van der Waals surface area contributed by atoms with Crippen LogP contribution in [0, 0.1) is 5.92 Å². The average molecular weight is 290 g/mol. The topological polar surface area (TPSA) is 24.5 Å². The summed E-state index contributed by atoms with van der Waals surface area (Å²) in [6.45, 7) is 9.40. The van der Waals surface area contributed by atoms with E-state index in [1.807, 2.05) is 6.07 Å². The molecule has 1 aliphatic rings. The maximum atomic E-state index is 5.27. The summed E-state index contributed by atoms with van der Waals surface area (Å²) in [6, 6.07) is 9.07. The minimum Gasteiger partial charge on any atom is -0.497 e. The fraction of sp³-hybridized carbons (Fsp3) is 0.667. The third kappa shape index (κ3) is 5.68. The second-order valence-electron chi connectivity index (χ2n) is 6.52. The number of nitrogens with one attached hydrogen (secondary N) is 1. The van der Waals surface area contributed by atoms with Crippen molar-refractivity contribution in [2.24, 2.45) is 5.92 Å². The Morgan fingerprint density at radius 2 is 2.05 bits per heavy atom. The van der Waals surface area contributed by atoms with Crippen LogP contribution in [0.3, 0.4) is 0 Å². The van der Waals surface area contributed by atoms with Gasteiger partial charge in [0.15, 0.2) is 0 Å². The Morgan fingerprint density at radius 1 is 1.29 bits per heavy atom. The van der Waals surface area contributed by atoms with Gasteiger partial charge in [-0.3, -0.25) is 0 Å². The Morgan fingerprint density at radius 3 is 2.71 bits per heavy atom. The third-order valence-electron chi connectivity index (χ3n) is 4.19. The van der Waals surface area contributed by atoms with Crippen LogP contribution in [0.1, 0.15) is 32.3 Å². The number of methoxy groups -OCH3 is 1. The van der Waals surface area contributed by atoms with Crippen molar-refractivity contribution in [3.63, 3.8) is 0 Å². The van der Waals surface area contributed by atoms with E-state index in [1.165, 1.54) is 38.0 Å². The molecule has 1 aliphatic heterocycles. The van der Waals surface area contributed by atoms with Gasteiger partial charge in [-0.15, -0.1) is 0 Å². The van der Waals surface area contributed by atoms with Crippen LogP contribution in [0.2, 0.25) is 0 Å². The minimum atomic E-state index is 0.694. The molecule has 0 unspecified atom stereocenters. The highest BCUT2D eigenvalue weighted by molar-refractivity contribution is 5.28. The number of nitrogens with zero attached hydrogens (tertiary/aromatic N) is 1. The second kappa shape index (κ2) is 8.40. The third-order valence-corrected chi connectivity index (χ3v) is 4.19. The molecule has 1 aromatic carbocycles. The Hall–Kier alpha value is -1.06. The molecule has 3 heteroatoms. The number of piperidine rings is 1. The molecule has 1 N–H and O–H groups in total. The molecule has 0 spiro atoms. The van der Waals surface area contributed by atoms with Gasteiger partial charge >= 0.3 is 0 Å². The zero-order valence-corrected chi connectivity index (χ0v) is 13.8. The van der Waals surface area contributed by atoms with Crippen molar-refractivity contribution in [3.05, 3.63) is 29.8 Å². The number of likely N-dealkylation sites (tertiary alicyclic amines) is 1. The van der Waals surface area contributed by atoms with Gasteiger partial charge in [-0.1, -0.05) is 26.0 Å². The first-order valence-corrected chi connectivity index (χ1v) is 8.26. The van der Waals surface area contributed by atoms with E-state index in [2.05, 4.69) is 42.3 Å². The normalized spacial score (nSPS) is 17.3. The molecule has 2 rings (SSSR count). The summed E-state index contributed by atoms with van der Waals surface area (Å²) in [5.41, 5.74) is 1.35. The van der Waals surface area contributed by atoms with Crippen LogP contribution >= 0.6 is 0 Å². The highest BCUT2D eigenvalue weighted by Crippen LogP contribution is 2.14. The molecule has 118 valence electrons. The SMILES string of the molecule is COc1cccc(CCNC2CCN(CC(C)C)CC2)c1. The predicted molar refractivity (Wildman–Crippen MR) is 89.0 cm³/mol. The van der Waals surface area contributed by atoms with Gasteiger partial charge in [-0.2, -0.15) is 0 Å². The largest absolute Gasteiger partial charge is 0.497 e. The predicted octanol–water partition coefficient (Wildman–Crippen LogP) is 2.95. The van der Waals surface area contributed by atoms with Gasteiger partial charge in [0, 0.05) is 12.6 Å². The Labute approximate surface area is 129 Å². The van der Waals surface area contributed by atoms with Crippen molar-refractivity contribution >= 4 is 0 Å². The van der Waals surface area contributed by atoms with Crippen molar-refractivity contribution in [3.8, 4) is 5.75 Å². The monoisotopic (exact) mass is 290 g/mol. The molecule has 0 saturated carbocycles. The number of ether oxygens (including phenoxy) is 1. The van der Waals surface area contributed by atoms with Crippen LogP contribution in [-0.2, 0) is 6.42 Å². The van der Waals surface area contributed by atoms with Gasteiger partial charge in [-0.05, 0) is 62.5 Å². The molecule has 0 amide bonds. The quantitative estimate of drug-likeness (QED) is 0.835. The lowest BCUT2D eigenvalue weighted by Crippen LogP contribution is -2.44. The van der Waals surface area contributed by atoms with Gasteiger partial charge in [0.1, 0.15) is 5.75 Å². The highest BCUT2D eigenvalue weighted by atomic mass is 16.5. The molecule has 0 atom stereocenters. The summed E-state index contributed by atoms with van der Waals surface area (Å²) < 4.78 is 5.27. The Kier molecular flexibility index (Phi) is 6.52.